The minimum atomic E-state index is 0.447. The molecule has 0 bridgehead atoms. The molecule has 0 aliphatic rings. The van der Waals surface area contributed by atoms with Crippen molar-refractivity contribution in [3.63, 3.8) is 0 Å². The average molecular weight is 156 g/mol. The molecular weight excluding hydrogens is 136 g/mol. The van der Waals surface area contributed by atoms with Gasteiger partial charge in [-0.3, -0.25) is 5.41 Å². The molecule has 0 amide bonds. The smallest absolute Gasteiger partial charge is 0.0959 e. The molecule has 0 heterocycles. The van der Waals surface area contributed by atoms with Crippen LogP contribution in [0.1, 0.15) is 41.0 Å². The van der Waals surface area contributed by atoms with E-state index in [1.807, 2.05) is 6.92 Å². The van der Waals surface area contributed by atoms with Crippen LogP contribution in [-0.2, 0) is 0 Å². The quantitative estimate of drug-likeness (QED) is 0.493. The molecule has 11 heavy (non-hydrogen) atoms. The molecule has 0 rings (SSSR count). The van der Waals surface area contributed by atoms with Crippen LogP contribution in [0.15, 0.2) is 0 Å². The van der Waals surface area contributed by atoms with Gasteiger partial charge in [-0.1, -0.05) is 6.92 Å². The topological polar surface area (TPSA) is 27.1 Å². The summed E-state index contributed by atoms with van der Waals surface area (Å²) in [6, 6.07) is 0.893. The number of rotatable bonds is 3. The summed E-state index contributed by atoms with van der Waals surface area (Å²) in [5.41, 5.74) is 0. The van der Waals surface area contributed by atoms with Gasteiger partial charge in [0.15, 0.2) is 0 Å². The van der Waals surface area contributed by atoms with Crippen LogP contribution in [0.4, 0.5) is 0 Å². The molecule has 0 aliphatic heterocycles. The zero-order valence-corrected chi connectivity index (χ0v) is 8.31. The fraction of sp³-hybridized carbons (Fsp3) is 0.889. The fourth-order valence-electron chi connectivity index (χ4n) is 1.40. The van der Waals surface area contributed by atoms with Crippen molar-refractivity contribution in [2.24, 2.45) is 0 Å². The maximum atomic E-state index is 7.68. The summed E-state index contributed by atoms with van der Waals surface area (Å²) in [6.07, 6.45) is 0.830. The van der Waals surface area contributed by atoms with Crippen LogP contribution in [0.2, 0.25) is 0 Å². The minimum Gasteiger partial charge on any atom is -0.356 e. The summed E-state index contributed by atoms with van der Waals surface area (Å²) in [6.45, 7) is 10.5. The highest BCUT2D eigenvalue weighted by molar-refractivity contribution is 5.79. The van der Waals surface area contributed by atoms with Gasteiger partial charge in [-0.05, 0) is 27.7 Å². The average Bonchev–Trinajstić information content (AvgIpc) is 1.85. The van der Waals surface area contributed by atoms with Gasteiger partial charge in [-0.2, -0.15) is 0 Å². The standard InChI is InChI=1S/C9H20N2/c1-6-9(10)11(7(2)3)8(4)5/h7-8,10H,6H2,1-5H3. The Hall–Kier alpha value is -0.530. The third kappa shape index (κ3) is 2.91. The lowest BCUT2D eigenvalue weighted by molar-refractivity contribution is 0.285. The van der Waals surface area contributed by atoms with E-state index in [4.69, 9.17) is 5.41 Å². The van der Waals surface area contributed by atoms with Crippen LogP contribution >= 0.6 is 0 Å². The molecule has 2 heteroatoms. The molecule has 0 fully saturated rings. The van der Waals surface area contributed by atoms with Gasteiger partial charge in [0.25, 0.3) is 0 Å². The molecule has 66 valence electrons. The van der Waals surface area contributed by atoms with Crippen molar-refractivity contribution >= 4 is 5.84 Å². The van der Waals surface area contributed by atoms with Crippen molar-refractivity contribution in [2.45, 2.75) is 53.1 Å². The second kappa shape index (κ2) is 4.37. The summed E-state index contributed by atoms with van der Waals surface area (Å²) in [4.78, 5) is 2.14. The van der Waals surface area contributed by atoms with Crippen molar-refractivity contribution in [1.29, 1.82) is 5.41 Å². The Bertz CT molecular complexity index is 120. The summed E-state index contributed by atoms with van der Waals surface area (Å²) >= 11 is 0. The second-order valence-electron chi connectivity index (χ2n) is 3.40. The summed E-state index contributed by atoms with van der Waals surface area (Å²) in [7, 11) is 0. The lowest BCUT2D eigenvalue weighted by atomic mass is 10.2. The highest BCUT2D eigenvalue weighted by Gasteiger charge is 2.14. The molecule has 0 aromatic rings. The second-order valence-corrected chi connectivity index (χ2v) is 3.40. The molecule has 0 unspecified atom stereocenters. The number of amidine groups is 1. The minimum absolute atomic E-state index is 0.447. The molecule has 0 radical (unpaired) electrons. The lowest BCUT2D eigenvalue weighted by Crippen LogP contribution is -2.41. The van der Waals surface area contributed by atoms with E-state index in [0.29, 0.717) is 12.1 Å². The molecule has 0 aromatic carbocycles. The van der Waals surface area contributed by atoms with Crippen molar-refractivity contribution < 1.29 is 0 Å². The van der Waals surface area contributed by atoms with Gasteiger partial charge in [0.1, 0.15) is 0 Å². The van der Waals surface area contributed by atoms with Gasteiger partial charge in [-0.15, -0.1) is 0 Å². The summed E-state index contributed by atoms with van der Waals surface area (Å²) in [5.74, 6) is 0.745. The van der Waals surface area contributed by atoms with Crippen LogP contribution in [0, 0.1) is 5.41 Å². The van der Waals surface area contributed by atoms with Crippen molar-refractivity contribution in [3.05, 3.63) is 0 Å². The van der Waals surface area contributed by atoms with Crippen LogP contribution in [0.3, 0.4) is 0 Å². The van der Waals surface area contributed by atoms with Gasteiger partial charge < -0.3 is 4.90 Å². The molecular formula is C9H20N2. The number of hydrogen-bond acceptors (Lipinski definition) is 1. The monoisotopic (exact) mass is 156 g/mol. The van der Waals surface area contributed by atoms with Crippen molar-refractivity contribution in [2.75, 3.05) is 0 Å². The third-order valence-corrected chi connectivity index (χ3v) is 1.76. The van der Waals surface area contributed by atoms with Crippen molar-refractivity contribution in [3.8, 4) is 0 Å². The van der Waals surface area contributed by atoms with Crippen LogP contribution in [-0.4, -0.2) is 22.8 Å². The first-order valence-electron chi connectivity index (χ1n) is 4.36. The highest BCUT2D eigenvalue weighted by Crippen LogP contribution is 2.06. The normalized spacial score (nSPS) is 10.8. The van der Waals surface area contributed by atoms with Gasteiger partial charge in [-0.25, -0.2) is 0 Å². The zero-order valence-electron chi connectivity index (χ0n) is 8.31. The van der Waals surface area contributed by atoms with Crippen LogP contribution in [0.5, 0.6) is 0 Å². The van der Waals surface area contributed by atoms with Crippen LogP contribution in [0.25, 0.3) is 0 Å². The molecule has 0 spiro atoms. The zero-order chi connectivity index (χ0) is 9.02. The Morgan fingerprint density at radius 3 is 1.64 bits per heavy atom. The molecule has 0 atom stereocenters. The predicted molar refractivity (Wildman–Crippen MR) is 50.1 cm³/mol. The predicted octanol–water partition coefficient (Wildman–Crippen LogP) is 2.49. The Morgan fingerprint density at radius 1 is 1.18 bits per heavy atom. The van der Waals surface area contributed by atoms with Gasteiger partial charge in [0.05, 0.1) is 5.84 Å². The van der Waals surface area contributed by atoms with E-state index in [2.05, 4.69) is 32.6 Å². The van der Waals surface area contributed by atoms with Gasteiger partial charge in [0.2, 0.25) is 0 Å². The number of hydrogen-bond donors (Lipinski definition) is 1. The highest BCUT2D eigenvalue weighted by atomic mass is 15.2. The van der Waals surface area contributed by atoms with E-state index in [-0.39, 0.29) is 0 Å². The van der Waals surface area contributed by atoms with E-state index in [1.54, 1.807) is 0 Å². The van der Waals surface area contributed by atoms with E-state index >= 15 is 0 Å². The number of nitrogens with zero attached hydrogens (tertiary/aromatic N) is 1. The number of nitrogens with one attached hydrogen (secondary N) is 1. The first-order valence-corrected chi connectivity index (χ1v) is 4.36. The Kier molecular flexibility index (Phi) is 4.16. The maximum Gasteiger partial charge on any atom is 0.0959 e. The maximum absolute atomic E-state index is 7.68. The van der Waals surface area contributed by atoms with E-state index in [1.165, 1.54) is 0 Å². The molecule has 1 N–H and O–H groups in total. The SMILES string of the molecule is CCC(=N)N(C(C)C)C(C)C. The van der Waals surface area contributed by atoms with Crippen LogP contribution < -0.4 is 0 Å². The summed E-state index contributed by atoms with van der Waals surface area (Å²) in [5, 5.41) is 7.68. The molecule has 0 saturated carbocycles. The Labute approximate surface area is 70.1 Å². The molecule has 0 aliphatic carbocycles. The Balaban J connectivity index is 4.22. The van der Waals surface area contributed by atoms with E-state index in [0.717, 1.165) is 12.3 Å². The Morgan fingerprint density at radius 2 is 1.55 bits per heavy atom. The van der Waals surface area contributed by atoms with Crippen molar-refractivity contribution in [1.82, 2.24) is 4.90 Å². The third-order valence-electron chi connectivity index (χ3n) is 1.76. The molecule has 0 aromatic heterocycles. The molecule has 0 saturated heterocycles. The first-order chi connectivity index (χ1) is 5.00. The fourth-order valence-corrected chi connectivity index (χ4v) is 1.40. The lowest BCUT2D eigenvalue weighted by Gasteiger charge is -2.32. The van der Waals surface area contributed by atoms with Gasteiger partial charge >= 0.3 is 0 Å². The van der Waals surface area contributed by atoms with E-state index < -0.39 is 0 Å². The largest absolute Gasteiger partial charge is 0.356 e. The van der Waals surface area contributed by atoms with Gasteiger partial charge in [0, 0.05) is 18.5 Å². The first kappa shape index (κ1) is 10.5. The molecule has 2 nitrogen and oxygen atoms in total. The van der Waals surface area contributed by atoms with E-state index in [9.17, 15) is 0 Å². The summed E-state index contributed by atoms with van der Waals surface area (Å²) < 4.78 is 0.